The molecule has 44 heavy (non-hydrogen) atoms. The number of nitrogens with zero attached hydrogens (tertiary/aromatic N) is 2. The Kier molecular flexibility index (Phi) is 7.75. The largest absolute Gasteiger partial charge is 0.492 e. The van der Waals surface area contributed by atoms with Crippen LogP contribution in [-0.2, 0) is 22.5 Å². The van der Waals surface area contributed by atoms with Gasteiger partial charge in [-0.25, -0.2) is 13.2 Å². The Morgan fingerprint density at radius 3 is 2.59 bits per heavy atom. The third kappa shape index (κ3) is 5.96. The average molecular weight is 609 g/mol. The smallest absolute Gasteiger partial charge is 0.306 e. The van der Waals surface area contributed by atoms with Crippen LogP contribution in [0.3, 0.4) is 0 Å². The summed E-state index contributed by atoms with van der Waals surface area (Å²) < 4.78 is 69.4. The predicted octanol–water partition coefficient (Wildman–Crippen LogP) is 6.64. The van der Waals surface area contributed by atoms with Gasteiger partial charge in [0.15, 0.2) is 17.4 Å². The van der Waals surface area contributed by atoms with Crippen molar-refractivity contribution in [2.45, 2.75) is 57.3 Å². The van der Waals surface area contributed by atoms with Crippen molar-refractivity contribution in [1.29, 1.82) is 0 Å². The van der Waals surface area contributed by atoms with Gasteiger partial charge in [-0.05, 0) is 62.6 Å². The summed E-state index contributed by atoms with van der Waals surface area (Å²) in [5.74, 6) is -2.23. The minimum Gasteiger partial charge on any atom is -0.492 e. The van der Waals surface area contributed by atoms with Crippen molar-refractivity contribution in [2.75, 3.05) is 13.7 Å². The quantitative estimate of drug-likeness (QED) is 0.213. The van der Waals surface area contributed by atoms with Crippen LogP contribution >= 0.6 is 0 Å². The molecular formula is C33H31F3N2O6. The molecule has 0 spiro atoms. The standard InChI is InChI=1S/C33H31F3N2O6/c1-33(2,40)17-38-15-20(14-37-38)18-10-25(35)32(26(36)11-18)44-27-9-7-24(34)31-23(27)6-8-28(31)43-21-4-5-22-19(12-30(39)41-3)16-42-29(22)13-21/h4-5,7,9-11,13-15,19,28,40H,6,8,12,16-17H2,1-3H3/t19?,28-/m1/s1. The van der Waals surface area contributed by atoms with Crippen LogP contribution in [0.5, 0.6) is 23.0 Å². The maximum Gasteiger partial charge on any atom is 0.306 e. The fraction of sp³-hybridized carbons (Fsp3) is 0.333. The topological polar surface area (TPSA) is 92.0 Å². The summed E-state index contributed by atoms with van der Waals surface area (Å²) >= 11 is 0. The van der Waals surface area contributed by atoms with Crippen LogP contribution in [0.25, 0.3) is 11.1 Å². The van der Waals surface area contributed by atoms with Gasteiger partial charge in [-0.2, -0.15) is 5.10 Å². The summed E-state index contributed by atoms with van der Waals surface area (Å²) in [6, 6.07) is 10.1. The zero-order valence-corrected chi connectivity index (χ0v) is 24.4. The minimum absolute atomic E-state index is 0.123. The van der Waals surface area contributed by atoms with Crippen LogP contribution in [0.2, 0.25) is 0 Å². The molecule has 0 saturated carbocycles. The first-order chi connectivity index (χ1) is 21.0. The van der Waals surface area contributed by atoms with Crippen LogP contribution in [0.1, 0.15) is 55.4 Å². The maximum absolute atomic E-state index is 15.2. The van der Waals surface area contributed by atoms with Gasteiger partial charge in [0.25, 0.3) is 0 Å². The summed E-state index contributed by atoms with van der Waals surface area (Å²) in [7, 11) is 1.34. The van der Waals surface area contributed by atoms with Crippen LogP contribution in [0.15, 0.2) is 54.9 Å². The Bertz CT molecular complexity index is 1710. The molecule has 6 rings (SSSR count). The van der Waals surface area contributed by atoms with Crippen molar-refractivity contribution in [3.8, 4) is 34.1 Å². The predicted molar refractivity (Wildman–Crippen MR) is 153 cm³/mol. The summed E-state index contributed by atoms with van der Waals surface area (Å²) in [5.41, 5.74) is 1.32. The van der Waals surface area contributed by atoms with Gasteiger partial charge < -0.3 is 24.1 Å². The number of aliphatic hydroxyl groups is 1. The number of methoxy groups -OCH3 is 1. The maximum atomic E-state index is 15.2. The van der Waals surface area contributed by atoms with E-state index in [1.165, 1.54) is 30.1 Å². The Morgan fingerprint density at radius 2 is 1.86 bits per heavy atom. The lowest BCUT2D eigenvalue weighted by Gasteiger charge is -2.18. The zero-order valence-electron chi connectivity index (χ0n) is 24.4. The lowest BCUT2D eigenvalue weighted by Crippen LogP contribution is -2.26. The second-order valence-electron chi connectivity index (χ2n) is 11.7. The molecule has 0 fully saturated rings. The molecule has 1 aliphatic carbocycles. The van der Waals surface area contributed by atoms with Crippen molar-refractivity contribution in [1.82, 2.24) is 9.78 Å². The molecule has 2 aliphatic rings. The van der Waals surface area contributed by atoms with Crippen molar-refractivity contribution in [3.05, 3.63) is 89.0 Å². The van der Waals surface area contributed by atoms with E-state index < -0.39 is 34.9 Å². The van der Waals surface area contributed by atoms with Crippen LogP contribution in [0, 0.1) is 17.5 Å². The Morgan fingerprint density at radius 1 is 1.09 bits per heavy atom. The number of aromatic nitrogens is 2. The van der Waals surface area contributed by atoms with Gasteiger partial charge in [0.05, 0.1) is 38.5 Å². The fourth-order valence-corrected chi connectivity index (χ4v) is 5.73. The van der Waals surface area contributed by atoms with Gasteiger partial charge in [0, 0.05) is 40.4 Å². The molecule has 230 valence electrons. The normalized spacial score (nSPS) is 17.2. The van der Waals surface area contributed by atoms with E-state index in [2.05, 4.69) is 5.10 Å². The molecule has 1 aromatic heterocycles. The molecule has 1 aliphatic heterocycles. The minimum atomic E-state index is -1.01. The van der Waals surface area contributed by atoms with Crippen LogP contribution in [0.4, 0.5) is 13.2 Å². The van der Waals surface area contributed by atoms with Gasteiger partial charge in [0.1, 0.15) is 29.2 Å². The third-order valence-corrected chi connectivity index (χ3v) is 7.75. The van der Waals surface area contributed by atoms with Gasteiger partial charge in [-0.15, -0.1) is 0 Å². The van der Waals surface area contributed by atoms with Gasteiger partial charge >= 0.3 is 5.97 Å². The highest BCUT2D eigenvalue weighted by Crippen LogP contribution is 2.45. The molecule has 1 N–H and O–H groups in total. The number of rotatable bonds is 9. The molecule has 1 unspecified atom stereocenters. The van der Waals surface area contributed by atoms with E-state index in [1.54, 1.807) is 32.2 Å². The molecule has 2 atom stereocenters. The molecule has 0 saturated heterocycles. The second kappa shape index (κ2) is 11.5. The number of benzene rings is 3. The Labute approximate surface area is 251 Å². The van der Waals surface area contributed by atoms with E-state index in [9.17, 15) is 9.90 Å². The molecule has 0 amide bonds. The zero-order chi connectivity index (χ0) is 31.2. The molecule has 11 heteroatoms. The number of hydrogen-bond acceptors (Lipinski definition) is 7. The Balaban J connectivity index is 1.20. The summed E-state index contributed by atoms with van der Waals surface area (Å²) in [6.45, 7) is 3.81. The Hall–Kier alpha value is -4.51. The van der Waals surface area contributed by atoms with E-state index >= 15 is 13.2 Å². The molecular weight excluding hydrogens is 577 g/mol. The molecule has 3 aromatic carbocycles. The molecule has 0 radical (unpaired) electrons. The first-order valence-electron chi connectivity index (χ1n) is 14.2. The first kappa shape index (κ1) is 29.6. The number of hydrogen-bond donors (Lipinski definition) is 1. The first-order valence-corrected chi connectivity index (χ1v) is 14.2. The summed E-state index contributed by atoms with van der Waals surface area (Å²) in [4.78, 5) is 11.7. The van der Waals surface area contributed by atoms with E-state index in [0.29, 0.717) is 42.1 Å². The lowest BCUT2D eigenvalue weighted by molar-refractivity contribution is -0.141. The number of esters is 1. The molecule has 2 heterocycles. The summed E-state index contributed by atoms with van der Waals surface area (Å²) in [6.07, 6.45) is 3.39. The van der Waals surface area contributed by atoms with E-state index in [4.69, 9.17) is 18.9 Å². The third-order valence-electron chi connectivity index (χ3n) is 7.75. The highest BCUT2D eigenvalue weighted by Gasteiger charge is 2.33. The van der Waals surface area contributed by atoms with Crippen LogP contribution in [-0.4, -0.2) is 40.2 Å². The molecule has 4 aromatic rings. The van der Waals surface area contributed by atoms with Crippen molar-refractivity contribution >= 4 is 5.97 Å². The van der Waals surface area contributed by atoms with Crippen molar-refractivity contribution in [2.24, 2.45) is 0 Å². The highest BCUT2D eigenvalue weighted by atomic mass is 19.1. The lowest BCUT2D eigenvalue weighted by atomic mass is 9.98. The number of halogens is 3. The number of fused-ring (bicyclic) bond motifs is 2. The van der Waals surface area contributed by atoms with Crippen LogP contribution < -0.4 is 14.2 Å². The SMILES string of the molecule is COC(=O)CC1COc2cc(O[C@@H]3CCc4c(Oc5c(F)cc(-c6cnn(CC(C)(C)O)c6)cc5F)ccc(F)c43)ccc21. The van der Waals surface area contributed by atoms with E-state index in [1.807, 2.05) is 6.07 Å². The molecule has 0 bridgehead atoms. The number of ether oxygens (including phenoxy) is 4. The fourth-order valence-electron chi connectivity index (χ4n) is 5.73. The number of carbonyl (C=O) groups excluding carboxylic acids is 1. The van der Waals surface area contributed by atoms with Crippen molar-refractivity contribution < 1.29 is 42.0 Å². The van der Waals surface area contributed by atoms with Gasteiger partial charge in [-0.3, -0.25) is 9.48 Å². The molecule has 8 nitrogen and oxygen atoms in total. The average Bonchev–Trinajstić information content (AvgIpc) is 3.70. The van der Waals surface area contributed by atoms with E-state index in [0.717, 1.165) is 17.7 Å². The van der Waals surface area contributed by atoms with Gasteiger partial charge in [-0.1, -0.05) is 6.07 Å². The summed E-state index contributed by atoms with van der Waals surface area (Å²) in [5, 5.41) is 14.2. The van der Waals surface area contributed by atoms with Gasteiger partial charge in [0.2, 0.25) is 0 Å². The van der Waals surface area contributed by atoms with E-state index in [-0.39, 0.29) is 41.7 Å². The monoisotopic (exact) mass is 608 g/mol. The number of carbonyl (C=O) groups is 1. The van der Waals surface area contributed by atoms with Crippen molar-refractivity contribution in [3.63, 3.8) is 0 Å². The highest BCUT2D eigenvalue weighted by molar-refractivity contribution is 5.71. The second-order valence-corrected chi connectivity index (χ2v) is 11.7.